The standard InChI is InChI=1S/C28H38F2O9S/c1-6-7-10-37-24(34)39-28(23(33)15-38-40(5,35)36)16(2)11-18-19-13-21(29)20-12-17(31)8-9-25(20,3)27(19,30)22(32)14-26(18,28)4/h8-9,12,16,18-19,21-22,32H,6-7,10-11,13-15H2,1-5H3/t16-,18+,19+,21+,22+,25+,26+,27+,28+/m1/s1. The Hall–Kier alpha value is -2.18. The number of ether oxygens (including phenoxy) is 2. The Balaban J connectivity index is 1.81. The van der Waals surface area contributed by atoms with Crippen molar-refractivity contribution in [3.05, 3.63) is 23.8 Å². The van der Waals surface area contributed by atoms with Gasteiger partial charge in [-0.3, -0.25) is 13.8 Å². The minimum absolute atomic E-state index is 0.0227. The lowest BCUT2D eigenvalue weighted by Crippen LogP contribution is -2.71. The highest BCUT2D eigenvalue weighted by Gasteiger charge is 2.78. The first-order chi connectivity index (χ1) is 18.5. The van der Waals surface area contributed by atoms with Gasteiger partial charge in [-0.15, -0.1) is 0 Å². The largest absolute Gasteiger partial charge is 0.509 e. The molecule has 3 fully saturated rings. The van der Waals surface area contributed by atoms with Crippen LogP contribution >= 0.6 is 0 Å². The number of ketones is 2. The van der Waals surface area contributed by atoms with E-state index < -0.39 is 86.6 Å². The zero-order valence-corrected chi connectivity index (χ0v) is 24.3. The van der Waals surface area contributed by atoms with E-state index in [1.807, 2.05) is 6.92 Å². The summed E-state index contributed by atoms with van der Waals surface area (Å²) in [4.78, 5) is 38.8. The molecule has 0 bridgehead atoms. The maximum atomic E-state index is 17.5. The Morgan fingerprint density at radius 3 is 2.50 bits per heavy atom. The molecule has 0 saturated heterocycles. The third-order valence-electron chi connectivity index (χ3n) is 9.95. The molecule has 0 radical (unpaired) electrons. The molecule has 0 aromatic heterocycles. The predicted octanol–water partition coefficient (Wildman–Crippen LogP) is 3.79. The predicted molar refractivity (Wildman–Crippen MR) is 139 cm³/mol. The monoisotopic (exact) mass is 588 g/mol. The molecule has 0 heterocycles. The van der Waals surface area contributed by atoms with Gasteiger partial charge >= 0.3 is 6.16 Å². The Bertz CT molecular complexity index is 1250. The number of hydrogen-bond donors (Lipinski definition) is 1. The lowest BCUT2D eigenvalue weighted by molar-refractivity contribution is -0.225. The molecule has 0 amide bonds. The average Bonchev–Trinajstić information content (AvgIpc) is 3.07. The lowest BCUT2D eigenvalue weighted by atomic mass is 9.44. The molecule has 3 saturated carbocycles. The lowest BCUT2D eigenvalue weighted by Gasteiger charge is -2.63. The fourth-order valence-corrected chi connectivity index (χ4v) is 8.44. The topological polar surface area (TPSA) is 133 Å². The van der Waals surface area contributed by atoms with Crippen molar-refractivity contribution >= 4 is 27.8 Å². The Morgan fingerprint density at radius 1 is 1.20 bits per heavy atom. The zero-order valence-electron chi connectivity index (χ0n) is 23.4. The van der Waals surface area contributed by atoms with Crippen molar-refractivity contribution in [1.29, 1.82) is 0 Å². The molecular weight excluding hydrogens is 550 g/mol. The number of rotatable bonds is 8. The quantitative estimate of drug-likeness (QED) is 0.255. The molecule has 1 N–H and O–H groups in total. The van der Waals surface area contributed by atoms with E-state index in [2.05, 4.69) is 0 Å². The summed E-state index contributed by atoms with van der Waals surface area (Å²) >= 11 is 0. The van der Waals surface area contributed by atoms with Gasteiger partial charge in [-0.1, -0.05) is 33.3 Å². The van der Waals surface area contributed by atoms with Gasteiger partial charge in [0.1, 0.15) is 12.8 Å². The number of fused-ring (bicyclic) bond motifs is 5. The highest BCUT2D eigenvalue weighted by atomic mass is 32.2. The maximum Gasteiger partial charge on any atom is 0.509 e. The van der Waals surface area contributed by atoms with Crippen molar-refractivity contribution in [2.24, 2.45) is 28.6 Å². The third-order valence-corrected chi connectivity index (χ3v) is 10.5. The minimum atomic E-state index is -4.05. The van der Waals surface area contributed by atoms with Crippen LogP contribution in [0.1, 0.15) is 59.8 Å². The van der Waals surface area contributed by atoms with E-state index in [-0.39, 0.29) is 31.4 Å². The number of hydrogen-bond acceptors (Lipinski definition) is 9. The Morgan fingerprint density at radius 2 is 1.88 bits per heavy atom. The first-order valence-electron chi connectivity index (χ1n) is 13.7. The molecule has 4 aliphatic rings. The van der Waals surface area contributed by atoms with E-state index in [0.29, 0.717) is 6.42 Å². The van der Waals surface area contributed by atoms with Crippen LogP contribution in [0.3, 0.4) is 0 Å². The minimum Gasteiger partial charge on any atom is -0.434 e. The molecule has 224 valence electrons. The first kappa shape index (κ1) is 30.8. The molecule has 4 rings (SSSR count). The van der Waals surface area contributed by atoms with Crippen LogP contribution in [-0.4, -0.2) is 74.3 Å². The second kappa shape index (κ2) is 10.3. The van der Waals surface area contributed by atoms with Crippen LogP contribution < -0.4 is 0 Å². The second-order valence-corrected chi connectivity index (χ2v) is 13.8. The number of carbonyl (C=O) groups is 3. The molecule has 4 aliphatic carbocycles. The van der Waals surface area contributed by atoms with E-state index in [9.17, 15) is 27.9 Å². The summed E-state index contributed by atoms with van der Waals surface area (Å²) in [6.45, 7) is 5.63. The summed E-state index contributed by atoms with van der Waals surface area (Å²) in [7, 11) is -4.05. The summed E-state index contributed by atoms with van der Waals surface area (Å²) in [5, 5.41) is 11.5. The van der Waals surface area contributed by atoms with Gasteiger partial charge in [-0.25, -0.2) is 13.6 Å². The van der Waals surface area contributed by atoms with Crippen LogP contribution in [0.4, 0.5) is 13.6 Å². The van der Waals surface area contributed by atoms with E-state index in [1.54, 1.807) is 13.8 Å². The van der Waals surface area contributed by atoms with Crippen molar-refractivity contribution in [1.82, 2.24) is 0 Å². The molecule has 12 heteroatoms. The van der Waals surface area contributed by atoms with Gasteiger partial charge in [0.25, 0.3) is 10.1 Å². The number of unbranched alkanes of at least 4 members (excludes halogenated alkanes) is 1. The number of alkyl halides is 2. The van der Waals surface area contributed by atoms with Crippen LogP contribution in [0.5, 0.6) is 0 Å². The summed E-state index contributed by atoms with van der Waals surface area (Å²) in [5.41, 5.74) is -7.53. The van der Waals surface area contributed by atoms with Gasteiger partial charge in [-0.2, -0.15) is 8.42 Å². The average molecular weight is 589 g/mol. The van der Waals surface area contributed by atoms with Crippen molar-refractivity contribution in [3.63, 3.8) is 0 Å². The number of allylic oxidation sites excluding steroid dienone is 4. The SMILES string of the molecule is CCCCOC(=O)O[C@]1(C(=O)COS(C)(=O)=O)[C@H](C)C[C@H]2[C@@H]3C[C@H](F)C4=CC(=O)C=C[C@]4(C)[C@@]3(F)[C@@H](O)C[C@@]21C. The molecule has 9 nitrogen and oxygen atoms in total. The van der Waals surface area contributed by atoms with Gasteiger partial charge in [0.05, 0.1) is 19.0 Å². The van der Waals surface area contributed by atoms with E-state index in [4.69, 9.17) is 13.7 Å². The number of carbonyl (C=O) groups excluding carboxylic acids is 3. The van der Waals surface area contributed by atoms with Crippen LogP contribution in [0, 0.1) is 28.6 Å². The fraction of sp³-hybridized carbons (Fsp3) is 0.750. The summed E-state index contributed by atoms with van der Waals surface area (Å²) < 4.78 is 72.4. The van der Waals surface area contributed by atoms with E-state index in [1.165, 1.54) is 19.1 Å². The van der Waals surface area contributed by atoms with Crippen molar-refractivity contribution in [2.45, 2.75) is 83.3 Å². The van der Waals surface area contributed by atoms with Gasteiger partial charge < -0.3 is 14.6 Å². The van der Waals surface area contributed by atoms with Crippen molar-refractivity contribution in [3.8, 4) is 0 Å². The van der Waals surface area contributed by atoms with Crippen LogP contribution in [-0.2, 0) is 33.4 Å². The number of aliphatic hydroxyl groups is 1. The number of Topliss-reactive ketones (excluding diaryl/α,β-unsaturated/α-hetero) is 1. The van der Waals surface area contributed by atoms with Gasteiger partial charge in [0, 0.05) is 22.7 Å². The Labute approximate surface area is 233 Å². The highest BCUT2D eigenvalue weighted by Crippen LogP contribution is 2.71. The summed E-state index contributed by atoms with van der Waals surface area (Å²) in [6.07, 6.45) is 0.436. The summed E-state index contributed by atoms with van der Waals surface area (Å²) in [5.74, 6) is -4.00. The third kappa shape index (κ3) is 4.45. The molecule has 0 spiro atoms. The van der Waals surface area contributed by atoms with Crippen LogP contribution in [0.25, 0.3) is 0 Å². The second-order valence-electron chi connectivity index (χ2n) is 12.2. The smallest absolute Gasteiger partial charge is 0.434 e. The molecule has 0 unspecified atom stereocenters. The zero-order chi connectivity index (χ0) is 29.9. The van der Waals surface area contributed by atoms with Crippen LogP contribution in [0.15, 0.2) is 23.8 Å². The van der Waals surface area contributed by atoms with E-state index in [0.717, 1.165) is 18.8 Å². The Kier molecular flexibility index (Phi) is 7.90. The van der Waals surface area contributed by atoms with Crippen molar-refractivity contribution < 1.29 is 50.3 Å². The van der Waals surface area contributed by atoms with Gasteiger partial charge in [-0.05, 0) is 56.3 Å². The number of aliphatic hydroxyl groups excluding tert-OH is 1. The normalized spacial score (nSPS) is 42.4. The molecule has 9 atom stereocenters. The molecule has 0 aliphatic heterocycles. The summed E-state index contributed by atoms with van der Waals surface area (Å²) in [6, 6.07) is 0. The molecule has 40 heavy (non-hydrogen) atoms. The van der Waals surface area contributed by atoms with Gasteiger partial charge in [0.15, 0.2) is 17.1 Å². The van der Waals surface area contributed by atoms with Crippen LogP contribution in [0.2, 0.25) is 0 Å². The maximum absolute atomic E-state index is 17.5. The number of halogens is 2. The highest BCUT2D eigenvalue weighted by molar-refractivity contribution is 7.86. The molecular formula is C28H38F2O9S. The fourth-order valence-electron chi connectivity index (χ4n) is 8.12. The van der Waals surface area contributed by atoms with E-state index >= 15 is 8.78 Å². The first-order valence-corrected chi connectivity index (χ1v) is 15.5. The van der Waals surface area contributed by atoms with Crippen molar-refractivity contribution in [2.75, 3.05) is 19.5 Å². The van der Waals surface area contributed by atoms with Gasteiger partial charge in [0.2, 0.25) is 5.78 Å². The molecule has 0 aromatic carbocycles. The molecule has 0 aromatic rings.